The molecule has 3 nitrogen and oxygen atoms in total. The van der Waals surface area contributed by atoms with Gasteiger partial charge in [0.05, 0.1) is 0 Å². The minimum atomic E-state index is -0.143. The molecule has 0 bridgehead atoms. The number of nitrogens with zero attached hydrogens (tertiary/aromatic N) is 1. The monoisotopic (exact) mass is 334 g/mol. The molecule has 82 valence electrons. The van der Waals surface area contributed by atoms with Crippen molar-refractivity contribution in [3.8, 4) is 0 Å². The van der Waals surface area contributed by atoms with Gasteiger partial charge in [0.25, 0.3) is 5.91 Å². The van der Waals surface area contributed by atoms with Crippen molar-refractivity contribution >= 4 is 37.8 Å². The number of alkyl halides is 1. The molecule has 0 aliphatic carbocycles. The summed E-state index contributed by atoms with van der Waals surface area (Å²) in [6.45, 7) is 2.69. The van der Waals surface area contributed by atoms with E-state index in [1.54, 1.807) is 18.3 Å². The van der Waals surface area contributed by atoms with E-state index in [0.29, 0.717) is 17.1 Å². The van der Waals surface area contributed by atoms with Crippen molar-refractivity contribution in [2.75, 3.05) is 6.54 Å². The number of amides is 1. The maximum atomic E-state index is 11.6. The molecule has 1 amide bonds. The average molecular weight is 336 g/mol. The highest BCUT2D eigenvalue weighted by Crippen LogP contribution is 2.12. The lowest BCUT2D eigenvalue weighted by Crippen LogP contribution is -2.26. The molecule has 0 radical (unpaired) electrons. The van der Waals surface area contributed by atoms with E-state index in [0.717, 1.165) is 10.9 Å². The zero-order chi connectivity index (χ0) is 11.3. The summed E-state index contributed by atoms with van der Waals surface area (Å²) in [6, 6.07) is 3.58. The highest BCUT2D eigenvalue weighted by atomic mass is 79.9. The van der Waals surface area contributed by atoms with Gasteiger partial charge in [-0.15, -0.1) is 0 Å². The van der Waals surface area contributed by atoms with Crippen molar-refractivity contribution < 1.29 is 4.79 Å². The van der Waals surface area contributed by atoms with Gasteiger partial charge in [-0.1, -0.05) is 22.9 Å². The van der Waals surface area contributed by atoms with Crippen molar-refractivity contribution in [2.45, 2.75) is 18.2 Å². The number of carbonyl (C=O) groups is 1. The summed E-state index contributed by atoms with van der Waals surface area (Å²) >= 11 is 6.70. The van der Waals surface area contributed by atoms with Crippen molar-refractivity contribution in [1.82, 2.24) is 10.3 Å². The molecule has 1 aromatic rings. The highest BCUT2D eigenvalue weighted by Gasteiger charge is 2.10. The molecule has 0 saturated carbocycles. The number of halogens is 2. The molecule has 0 aromatic carbocycles. The molecule has 0 aliphatic rings. The second-order valence-corrected chi connectivity index (χ2v) is 5.58. The van der Waals surface area contributed by atoms with Gasteiger partial charge in [0.1, 0.15) is 5.69 Å². The molecule has 0 aliphatic heterocycles. The van der Waals surface area contributed by atoms with Crippen LogP contribution in [0, 0.1) is 0 Å². The number of rotatable bonds is 4. The summed E-state index contributed by atoms with van der Waals surface area (Å²) in [4.78, 5) is 16.0. The van der Waals surface area contributed by atoms with Gasteiger partial charge in [-0.3, -0.25) is 4.79 Å². The van der Waals surface area contributed by atoms with Crippen LogP contribution in [0.25, 0.3) is 0 Å². The maximum absolute atomic E-state index is 11.6. The minimum absolute atomic E-state index is 0.143. The van der Waals surface area contributed by atoms with Gasteiger partial charge in [0.15, 0.2) is 0 Å². The van der Waals surface area contributed by atoms with Gasteiger partial charge in [0.2, 0.25) is 0 Å². The zero-order valence-corrected chi connectivity index (χ0v) is 11.5. The number of pyridine rings is 1. The molecule has 1 heterocycles. The predicted molar refractivity (Wildman–Crippen MR) is 67.3 cm³/mol. The Bertz CT molecular complexity index is 342. The number of aromatic nitrogens is 1. The van der Waals surface area contributed by atoms with E-state index in [4.69, 9.17) is 0 Å². The third-order valence-electron chi connectivity index (χ3n) is 1.80. The smallest absolute Gasteiger partial charge is 0.271 e. The summed E-state index contributed by atoms with van der Waals surface area (Å²) in [6.07, 6.45) is 2.50. The van der Waals surface area contributed by atoms with Crippen molar-refractivity contribution in [3.63, 3.8) is 0 Å². The molecule has 0 saturated heterocycles. The molecule has 1 aromatic heterocycles. The Hall–Kier alpha value is -0.420. The molecule has 0 spiro atoms. The fraction of sp³-hybridized carbons (Fsp3) is 0.400. The van der Waals surface area contributed by atoms with Crippen LogP contribution >= 0.6 is 31.9 Å². The normalized spacial score (nSPS) is 12.2. The van der Waals surface area contributed by atoms with Crippen molar-refractivity contribution in [2.24, 2.45) is 0 Å². The van der Waals surface area contributed by atoms with E-state index in [-0.39, 0.29) is 5.91 Å². The van der Waals surface area contributed by atoms with E-state index in [1.807, 2.05) is 6.92 Å². The molecular formula is C10H12Br2N2O. The topological polar surface area (TPSA) is 42.0 Å². The second kappa shape index (κ2) is 6.23. The Balaban J connectivity index is 2.51. The third kappa shape index (κ3) is 4.30. The van der Waals surface area contributed by atoms with Gasteiger partial charge in [-0.25, -0.2) is 4.98 Å². The van der Waals surface area contributed by atoms with Crippen LogP contribution in [0.2, 0.25) is 0 Å². The fourth-order valence-electron chi connectivity index (χ4n) is 1.02. The van der Waals surface area contributed by atoms with Crippen LogP contribution in [0.4, 0.5) is 0 Å². The van der Waals surface area contributed by atoms with E-state index < -0.39 is 0 Å². The van der Waals surface area contributed by atoms with E-state index >= 15 is 0 Å². The Morgan fingerprint density at radius 1 is 1.67 bits per heavy atom. The third-order valence-corrected chi connectivity index (χ3v) is 2.90. The predicted octanol–water partition coefficient (Wildman–Crippen LogP) is 2.75. The van der Waals surface area contributed by atoms with E-state index in [9.17, 15) is 4.79 Å². The maximum Gasteiger partial charge on any atom is 0.271 e. The van der Waals surface area contributed by atoms with Crippen LogP contribution in [0.5, 0.6) is 0 Å². The first-order valence-corrected chi connectivity index (χ1v) is 6.35. The van der Waals surface area contributed by atoms with Crippen LogP contribution < -0.4 is 5.32 Å². The van der Waals surface area contributed by atoms with Crippen LogP contribution in [-0.4, -0.2) is 22.3 Å². The Morgan fingerprint density at radius 3 is 3.00 bits per heavy atom. The van der Waals surface area contributed by atoms with E-state index in [2.05, 4.69) is 42.2 Å². The molecular weight excluding hydrogens is 324 g/mol. The first-order chi connectivity index (χ1) is 7.11. The summed E-state index contributed by atoms with van der Waals surface area (Å²) in [5.41, 5.74) is 0.430. The largest absolute Gasteiger partial charge is 0.351 e. The van der Waals surface area contributed by atoms with Crippen molar-refractivity contribution in [1.29, 1.82) is 0 Å². The van der Waals surface area contributed by atoms with Gasteiger partial charge in [-0.2, -0.15) is 0 Å². The molecule has 1 N–H and O–H groups in total. The molecule has 1 atom stereocenters. The Labute approximate surface area is 106 Å². The number of carbonyl (C=O) groups excluding carboxylic acids is 1. The van der Waals surface area contributed by atoms with Gasteiger partial charge >= 0.3 is 0 Å². The van der Waals surface area contributed by atoms with Gasteiger partial charge < -0.3 is 5.32 Å². The molecule has 5 heteroatoms. The standard InChI is InChI=1S/C10H12Br2N2O/c1-7(11)4-6-14-10(15)9-8(12)3-2-5-13-9/h2-3,5,7H,4,6H2,1H3,(H,14,15). The molecule has 1 unspecified atom stereocenters. The van der Waals surface area contributed by atoms with Crippen LogP contribution in [0.15, 0.2) is 22.8 Å². The second-order valence-electron chi connectivity index (χ2n) is 3.16. The number of nitrogens with one attached hydrogen (secondary N) is 1. The summed E-state index contributed by atoms with van der Waals surface area (Å²) < 4.78 is 0.717. The lowest BCUT2D eigenvalue weighted by Gasteiger charge is -2.06. The fourth-order valence-corrected chi connectivity index (χ4v) is 1.69. The highest BCUT2D eigenvalue weighted by molar-refractivity contribution is 9.10. The van der Waals surface area contributed by atoms with Gasteiger partial charge in [0, 0.05) is 22.0 Å². The minimum Gasteiger partial charge on any atom is -0.351 e. The lowest BCUT2D eigenvalue weighted by molar-refractivity contribution is 0.0947. The first kappa shape index (κ1) is 12.6. The van der Waals surface area contributed by atoms with Crippen LogP contribution in [-0.2, 0) is 0 Å². The van der Waals surface area contributed by atoms with Crippen LogP contribution in [0.1, 0.15) is 23.8 Å². The molecule has 0 fully saturated rings. The van der Waals surface area contributed by atoms with Crippen molar-refractivity contribution in [3.05, 3.63) is 28.5 Å². The van der Waals surface area contributed by atoms with Gasteiger partial charge in [-0.05, 0) is 34.5 Å². The Kier molecular flexibility index (Phi) is 5.25. The molecule has 15 heavy (non-hydrogen) atoms. The lowest BCUT2D eigenvalue weighted by atomic mass is 10.3. The number of hydrogen-bond acceptors (Lipinski definition) is 2. The van der Waals surface area contributed by atoms with Crippen LogP contribution in [0.3, 0.4) is 0 Å². The quantitative estimate of drug-likeness (QED) is 0.860. The SMILES string of the molecule is CC(Br)CCNC(=O)c1ncccc1Br. The average Bonchev–Trinajstić information content (AvgIpc) is 2.17. The van der Waals surface area contributed by atoms with E-state index in [1.165, 1.54) is 0 Å². The zero-order valence-electron chi connectivity index (χ0n) is 8.34. The summed E-state index contributed by atoms with van der Waals surface area (Å²) in [7, 11) is 0. The Morgan fingerprint density at radius 2 is 2.40 bits per heavy atom. The summed E-state index contributed by atoms with van der Waals surface area (Å²) in [5, 5.41) is 2.81. The molecule has 1 rings (SSSR count). The first-order valence-electron chi connectivity index (χ1n) is 4.64. The summed E-state index contributed by atoms with van der Waals surface area (Å²) in [5.74, 6) is -0.143. The number of hydrogen-bond donors (Lipinski definition) is 1.